The van der Waals surface area contributed by atoms with Gasteiger partial charge < -0.3 is 20.0 Å². The molecule has 0 bridgehead atoms. The van der Waals surface area contributed by atoms with Crippen molar-refractivity contribution in [3.05, 3.63) is 45.5 Å². The Balaban J connectivity index is 2.36. The number of carbonyl (C=O) groups excluding carboxylic acids is 1. The van der Waals surface area contributed by atoms with Crippen molar-refractivity contribution in [2.45, 2.75) is 13.2 Å². The van der Waals surface area contributed by atoms with Gasteiger partial charge in [-0.05, 0) is 11.1 Å². The van der Waals surface area contributed by atoms with Gasteiger partial charge in [-0.15, -0.1) is 10.1 Å². The smallest absolute Gasteiger partial charge is 0.407 e. The Morgan fingerprint density at radius 1 is 1.20 bits per heavy atom. The first-order chi connectivity index (χ1) is 9.47. The van der Waals surface area contributed by atoms with Gasteiger partial charge in [0.2, 0.25) is 0 Å². The zero-order chi connectivity index (χ0) is 15.0. The van der Waals surface area contributed by atoms with Gasteiger partial charge in [0.25, 0.3) is 5.09 Å². The van der Waals surface area contributed by atoms with Crippen molar-refractivity contribution >= 4 is 12.1 Å². The SMILES string of the molecule is O=C(O)CNC(=O)OCc1ccc(CO[N+](=O)[O-])cc1. The largest absolute Gasteiger partial charge is 0.480 e. The van der Waals surface area contributed by atoms with Gasteiger partial charge >= 0.3 is 12.1 Å². The van der Waals surface area contributed by atoms with Crippen LogP contribution in [0.3, 0.4) is 0 Å². The number of amides is 1. The lowest BCUT2D eigenvalue weighted by Gasteiger charge is -2.06. The maximum absolute atomic E-state index is 11.1. The number of carboxylic acids is 1. The number of nitrogens with one attached hydrogen (secondary N) is 1. The Hall–Kier alpha value is -2.84. The summed E-state index contributed by atoms with van der Waals surface area (Å²) in [5, 5.41) is 19.5. The topological polar surface area (TPSA) is 128 Å². The maximum Gasteiger partial charge on any atom is 0.407 e. The van der Waals surface area contributed by atoms with Crippen LogP contribution in [0.15, 0.2) is 24.3 Å². The maximum atomic E-state index is 11.1. The number of hydrogen-bond acceptors (Lipinski definition) is 6. The van der Waals surface area contributed by atoms with Crippen LogP contribution >= 0.6 is 0 Å². The van der Waals surface area contributed by atoms with Crippen LogP contribution in [-0.2, 0) is 27.6 Å². The van der Waals surface area contributed by atoms with Crippen LogP contribution in [0.25, 0.3) is 0 Å². The third-order valence-electron chi connectivity index (χ3n) is 2.11. The zero-order valence-corrected chi connectivity index (χ0v) is 10.3. The van der Waals surface area contributed by atoms with Gasteiger partial charge in [-0.3, -0.25) is 4.79 Å². The monoisotopic (exact) mass is 284 g/mol. The predicted octanol–water partition coefficient (Wildman–Crippen LogP) is 0.706. The third-order valence-corrected chi connectivity index (χ3v) is 2.11. The molecule has 1 amide bonds. The van der Waals surface area contributed by atoms with E-state index in [1.165, 1.54) is 0 Å². The molecular formula is C11H12N2O7. The van der Waals surface area contributed by atoms with E-state index in [1.54, 1.807) is 24.3 Å². The van der Waals surface area contributed by atoms with Gasteiger partial charge in [0.15, 0.2) is 0 Å². The lowest BCUT2D eigenvalue weighted by atomic mass is 10.1. The molecule has 0 aliphatic heterocycles. The second-order valence-electron chi connectivity index (χ2n) is 3.64. The van der Waals surface area contributed by atoms with Crippen LogP contribution in [0.4, 0.5) is 4.79 Å². The van der Waals surface area contributed by atoms with E-state index in [0.717, 1.165) is 0 Å². The molecule has 1 aromatic carbocycles. The van der Waals surface area contributed by atoms with Gasteiger partial charge in [0.1, 0.15) is 19.8 Å². The molecule has 1 aromatic rings. The Morgan fingerprint density at radius 2 is 1.75 bits per heavy atom. The van der Waals surface area contributed by atoms with Crippen LogP contribution in [0.2, 0.25) is 0 Å². The van der Waals surface area contributed by atoms with E-state index in [1.807, 2.05) is 5.32 Å². The van der Waals surface area contributed by atoms with E-state index in [-0.39, 0.29) is 13.2 Å². The summed E-state index contributed by atoms with van der Waals surface area (Å²) in [6, 6.07) is 6.42. The van der Waals surface area contributed by atoms with Crippen LogP contribution in [0.5, 0.6) is 0 Å². The molecule has 0 saturated heterocycles. The molecule has 2 N–H and O–H groups in total. The number of benzene rings is 1. The van der Waals surface area contributed by atoms with Crippen molar-refractivity contribution in [2.75, 3.05) is 6.54 Å². The van der Waals surface area contributed by atoms with Crippen LogP contribution < -0.4 is 5.32 Å². The van der Waals surface area contributed by atoms with E-state index in [9.17, 15) is 19.7 Å². The number of hydrogen-bond donors (Lipinski definition) is 2. The normalized spacial score (nSPS) is 9.60. The van der Waals surface area contributed by atoms with E-state index in [0.29, 0.717) is 11.1 Å². The fourth-order valence-corrected chi connectivity index (χ4v) is 1.21. The Kier molecular flexibility index (Phi) is 5.75. The molecule has 1 rings (SSSR count). The fraction of sp³-hybridized carbons (Fsp3) is 0.273. The van der Waals surface area contributed by atoms with Gasteiger partial charge in [0.05, 0.1) is 0 Å². The summed E-state index contributed by atoms with van der Waals surface area (Å²) in [5.74, 6) is -1.17. The van der Waals surface area contributed by atoms with E-state index < -0.39 is 23.7 Å². The summed E-state index contributed by atoms with van der Waals surface area (Å²) in [6.07, 6.45) is -0.840. The minimum absolute atomic E-state index is 0.0399. The number of alkyl carbamates (subject to hydrolysis) is 1. The molecule has 0 atom stereocenters. The molecule has 0 saturated carbocycles. The highest BCUT2D eigenvalue weighted by atomic mass is 16.9. The van der Waals surface area contributed by atoms with Crippen LogP contribution in [0, 0.1) is 10.1 Å². The number of aliphatic carboxylic acids is 1. The average Bonchev–Trinajstić information content (AvgIpc) is 2.41. The summed E-state index contributed by atoms with van der Waals surface area (Å²) in [4.78, 5) is 35.5. The lowest BCUT2D eigenvalue weighted by Crippen LogP contribution is -2.29. The molecule has 20 heavy (non-hydrogen) atoms. The molecule has 0 fully saturated rings. The Bertz CT molecular complexity index is 486. The molecule has 9 heteroatoms. The molecule has 108 valence electrons. The highest BCUT2D eigenvalue weighted by Gasteiger charge is 2.05. The van der Waals surface area contributed by atoms with E-state index in [4.69, 9.17) is 9.84 Å². The standard InChI is InChI=1S/C11H12N2O7/c14-10(15)5-12-11(16)19-6-8-1-3-9(4-2-8)7-20-13(17)18/h1-4H,5-7H2,(H,12,16)(H,14,15). The predicted molar refractivity (Wildman–Crippen MR) is 64.0 cm³/mol. The van der Waals surface area contributed by atoms with E-state index >= 15 is 0 Å². The molecule has 9 nitrogen and oxygen atoms in total. The van der Waals surface area contributed by atoms with Crippen molar-refractivity contribution < 1.29 is 29.4 Å². The third kappa shape index (κ3) is 6.19. The molecule has 0 aromatic heterocycles. The van der Waals surface area contributed by atoms with Crippen LogP contribution in [-0.4, -0.2) is 28.8 Å². The molecular weight excluding hydrogens is 272 g/mol. The second kappa shape index (κ2) is 7.56. The first-order valence-corrected chi connectivity index (χ1v) is 5.45. The first-order valence-electron chi connectivity index (χ1n) is 5.45. The fourth-order valence-electron chi connectivity index (χ4n) is 1.21. The average molecular weight is 284 g/mol. The summed E-state index contributed by atoms with van der Waals surface area (Å²) in [5.41, 5.74) is 1.25. The van der Waals surface area contributed by atoms with Crippen molar-refractivity contribution in [3.8, 4) is 0 Å². The molecule has 0 aliphatic rings. The number of carboxylic acid groups (broad SMARTS) is 1. The Morgan fingerprint density at radius 3 is 2.25 bits per heavy atom. The molecule has 0 aliphatic carbocycles. The van der Waals surface area contributed by atoms with Gasteiger partial charge in [-0.2, -0.15) is 0 Å². The number of rotatable bonds is 7. The zero-order valence-electron chi connectivity index (χ0n) is 10.3. The highest BCUT2D eigenvalue weighted by Crippen LogP contribution is 2.07. The van der Waals surface area contributed by atoms with Gasteiger partial charge in [0, 0.05) is 0 Å². The number of nitrogens with zero attached hydrogens (tertiary/aromatic N) is 1. The summed E-state index contributed by atoms with van der Waals surface area (Å²) in [7, 11) is 0. The van der Waals surface area contributed by atoms with E-state index in [2.05, 4.69) is 4.84 Å². The molecule has 0 radical (unpaired) electrons. The highest BCUT2D eigenvalue weighted by molar-refractivity contribution is 5.76. The van der Waals surface area contributed by atoms with Crippen molar-refractivity contribution in [3.63, 3.8) is 0 Å². The van der Waals surface area contributed by atoms with Crippen LogP contribution in [0.1, 0.15) is 11.1 Å². The minimum atomic E-state index is -1.17. The Labute approximate surface area is 113 Å². The summed E-state index contributed by atoms with van der Waals surface area (Å²) in [6.45, 7) is -0.717. The van der Waals surface area contributed by atoms with Gasteiger partial charge in [-0.25, -0.2) is 4.79 Å². The minimum Gasteiger partial charge on any atom is -0.480 e. The second-order valence-corrected chi connectivity index (χ2v) is 3.64. The number of carbonyl (C=O) groups is 2. The molecule has 0 spiro atoms. The summed E-state index contributed by atoms with van der Waals surface area (Å²) < 4.78 is 4.76. The number of ether oxygens (including phenoxy) is 1. The molecule has 0 unspecified atom stereocenters. The van der Waals surface area contributed by atoms with Gasteiger partial charge in [-0.1, -0.05) is 24.3 Å². The quantitative estimate of drug-likeness (QED) is 0.557. The summed E-state index contributed by atoms with van der Waals surface area (Å²) >= 11 is 0. The van der Waals surface area contributed by atoms with Crippen molar-refractivity contribution in [1.29, 1.82) is 0 Å². The van der Waals surface area contributed by atoms with Crippen molar-refractivity contribution in [1.82, 2.24) is 5.32 Å². The molecule has 0 heterocycles. The van der Waals surface area contributed by atoms with Crippen molar-refractivity contribution in [2.24, 2.45) is 0 Å². The lowest BCUT2D eigenvalue weighted by molar-refractivity contribution is -0.763. The first kappa shape index (κ1) is 15.2.